The van der Waals surface area contributed by atoms with Crippen LogP contribution in [0.25, 0.3) is 16.9 Å². The molecule has 3 aromatic rings. The van der Waals surface area contributed by atoms with Gasteiger partial charge in [0.1, 0.15) is 5.82 Å². The monoisotopic (exact) mass is 408 g/mol. The highest BCUT2D eigenvalue weighted by molar-refractivity contribution is 8.00. The van der Waals surface area contributed by atoms with E-state index in [2.05, 4.69) is 15.4 Å². The molecule has 2 N–H and O–H groups in total. The van der Waals surface area contributed by atoms with E-state index in [4.69, 9.17) is 0 Å². The summed E-state index contributed by atoms with van der Waals surface area (Å²) in [4.78, 5) is 4.43. The van der Waals surface area contributed by atoms with E-state index in [1.165, 1.54) is 12.1 Å². The van der Waals surface area contributed by atoms with Crippen LogP contribution in [-0.4, -0.2) is 37.9 Å². The topological polar surface area (TPSA) is 62.5 Å². The van der Waals surface area contributed by atoms with Crippen LogP contribution in [0.15, 0.2) is 47.5 Å². The fourth-order valence-electron chi connectivity index (χ4n) is 3.58. The number of hydrogen-bond acceptors (Lipinski definition) is 5. The minimum atomic E-state index is -4.33. The molecular weight excluding hydrogens is 389 g/mol. The molecule has 28 heavy (non-hydrogen) atoms. The quantitative estimate of drug-likeness (QED) is 0.605. The van der Waals surface area contributed by atoms with Crippen molar-refractivity contribution in [2.45, 2.75) is 35.7 Å². The van der Waals surface area contributed by atoms with E-state index in [1.54, 1.807) is 28.9 Å². The molecule has 0 radical (unpaired) electrons. The number of rotatable bonds is 5. The summed E-state index contributed by atoms with van der Waals surface area (Å²) in [5, 5.41) is 17.3. The van der Waals surface area contributed by atoms with Crippen LogP contribution in [0.2, 0.25) is 0 Å². The van der Waals surface area contributed by atoms with Crippen molar-refractivity contribution in [3.05, 3.63) is 42.6 Å². The highest BCUT2D eigenvalue weighted by Gasteiger charge is 2.29. The second kappa shape index (κ2) is 7.63. The SMILES string of the molecule is OCC1CCC(Nc2ccnc3cc(-c4cccc(SC(F)(F)F)c4)nn23)C1. The van der Waals surface area contributed by atoms with Gasteiger partial charge in [-0.2, -0.15) is 22.8 Å². The predicted octanol–water partition coefficient (Wildman–Crippen LogP) is 4.58. The second-order valence-electron chi connectivity index (χ2n) is 6.91. The summed E-state index contributed by atoms with van der Waals surface area (Å²) in [6, 6.07) is 10.1. The lowest BCUT2D eigenvalue weighted by atomic mass is 10.1. The third-order valence-electron chi connectivity index (χ3n) is 4.87. The van der Waals surface area contributed by atoms with Crippen molar-refractivity contribution in [2.24, 2.45) is 5.92 Å². The first kappa shape index (κ1) is 19.1. The van der Waals surface area contributed by atoms with Crippen LogP contribution in [0.4, 0.5) is 19.0 Å². The van der Waals surface area contributed by atoms with E-state index in [0.717, 1.165) is 25.1 Å². The maximum atomic E-state index is 12.7. The lowest BCUT2D eigenvalue weighted by molar-refractivity contribution is -0.0328. The molecular formula is C19H19F3N4OS. The van der Waals surface area contributed by atoms with Crippen molar-refractivity contribution in [3.63, 3.8) is 0 Å². The Morgan fingerprint density at radius 1 is 1.21 bits per heavy atom. The van der Waals surface area contributed by atoms with Gasteiger partial charge in [0.25, 0.3) is 0 Å². The largest absolute Gasteiger partial charge is 0.446 e. The number of nitrogens with zero attached hydrogens (tertiary/aromatic N) is 3. The van der Waals surface area contributed by atoms with Crippen molar-refractivity contribution < 1.29 is 18.3 Å². The molecule has 1 saturated carbocycles. The van der Waals surface area contributed by atoms with Crippen LogP contribution in [0, 0.1) is 5.92 Å². The molecule has 1 aliphatic carbocycles. The Morgan fingerprint density at radius 3 is 2.82 bits per heavy atom. The smallest absolute Gasteiger partial charge is 0.396 e. The molecule has 2 heterocycles. The third kappa shape index (κ3) is 4.25. The normalized spacial score (nSPS) is 20.0. The summed E-state index contributed by atoms with van der Waals surface area (Å²) in [5.74, 6) is 1.09. The number of aromatic nitrogens is 3. The zero-order chi connectivity index (χ0) is 19.7. The average molecular weight is 408 g/mol. The van der Waals surface area contributed by atoms with Crippen LogP contribution in [0.1, 0.15) is 19.3 Å². The molecule has 2 unspecified atom stereocenters. The molecule has 0 saturated heterocycles. The maximum absolute atomic E-state index is 12.7. The number of alkyl halides is 3. The van der Waals surface area contributed by atoms with Crippen molar-refractivity contribution >= 4 is 23.2 Å². The average Bonchev–Trinajstić information content (AvgIpc) is 3.27. The summed E-state index contributed by atoms with van der Waals surface area (Å²) in [6.45, 7) is 0.197. The maximum Gasteiger partial charge on any atom is 0.446 e. The van der Waals surface area contributed by atoms with Crippen LogP contribution < -0.4 is 5.32 Å². The van der Waals surface area contributed by atoms with Gasteiger partial charge in [-0.05, 0) is 55.1 Å². The molecule has 0 aliphatic heterocycles. The van der Waals surface area contributed by atoms with Gasteiger partial charge >= 0.3 is 5.51 Å². The van der Waals surface area contributed by atoms with Crippen molar-refractivity contribution in [1.82, 2.24) is 14.6 Å². The standard InChI is InChI=1S/C19H19F3N4OS/c20-19(21,22)28-15-3-1-2-13(9-15)16-10-18-23-7-6-17(26(18)25-16)24-14-5-4-12(8-14)11-27/h1-3,6-7,9-10,12,14,24,27H,4-5,8,11H2. The van der Waals surface area contributed by atoms with Crippen molar-refractivity contribution in [2.75, 3.05) is 11.9 Å². The lowest BCUT2D eigenvalue weighted by Crippen LogP contribution is -2.18. The number of thioether (sulfide) groups is 1. The second-order valence-corrected chi connectivity index (χ2v) is 8.05. The number of nitrogens with one attached hydrogen (secondary N) is 1. The van der Waals surface area contributed by atoms with Gasteiger partial charge in [-0.25, -0.2) is 4.98 Å². The van der Waals surface area contributed by atoms with Gasteiger partial charge in [-0.1, -0.05) is 12.1 Å². The lowest BCUT2D eigenvalue weighted by Gasteiger charge is -2.14. The number of hydrogen-bond donors (Lipinski definition) is 2. The third-order valence-corrected chi connectivity index (χ3v) is 5.59. The summed E-state index contributed by atoms with van der Waals surface area (Å²) in [7, 11) is 0. The minimum absolute atomic E-state index is 0.120. The predicted molar refractivity (Wildman–Crippen MR) is 102 cm³/mol. The van der Waals surface area contributed by atoms with Gasteiger partial charge in [0.15, 0.2) is 5.65 Å². The number of fused-ring (bicyclic) bond motifs is 1. The molecule has 2 aromatic heterocycles. The van der Waals surface area contributed by atoms with E-state index in [9.17, 15) is 18.3 Å². The van der Waals surface area contributed by atoms with Gasteiger partial charge < -0.3 is 10.4 Å². The highest BCUT2D eigenvalue weighted by Crippen LogP contribution is 2.38. The summed E-state index contributed by atoms with van der Waals surface area (Å²) < 4.78 is 39.6. The van der Waals surface area contributed by atoms with E-state index in [1.807, 2.05) is 6.07 Å². The van der Waals surface area contributed by atoms with E-state index < -0.39 is 5.51 Å². The summed E-state index contributed by atoms with van der Waals surface area (Å²) in [6.07, 6.45) is 4.53. The van der Waals surface area contributed by atoms with Gasteiger partial charge in [-0.15, -0.1) is 0 Å². The van der Waals surface area contributed by atoms with E-state index >= 15 is 0 Å². The Hall–Kier alpha value is -2.26. The molecule has 1 fully saturated rings. The van der Waals surface area contributed by atoms with Gasteiger partial charge in [0.05, 0.1) is 5.69 Å². The zero-order valence-corrected chi connectivity index (χ0v) is 15.7. The Kier molecular flexibility index (Phi) is 5.20. The molecule has 2 atom stereocenters. The van der Waals surface area contributed by atoms with Crippen molar-refractivity contribution in [1.29, 1.82) is 0 Å². The minimum Gasteiger partial charge on any atom is -0.396 e. The molecule has 0 bridgehead atoms. The summed E-state index contributed by atoms with van der Waals surface area (Å²) in [5.41, 5.74) is -2.55. The van der Waals surface area contributed by atoms with Gasteiger partial charge in [-0.3, -0.25) is 0 Å². The Balaban J connectivity index is 1.61. The molecule has 1 aromatic carbocycles. The molecule has 4 rings (SSSR count). The molecule has 5 nitrogen and oxygen atoms in total. The first-order valence-electron chi connectivity index (χ1n) is 8.99. The van der Waals surface area contributed by atoms with E-state index in [0.29, 0.717) is 22.8 Å². The molecule has 1 aliphatic rings. The zero-order valence-electron chi connectivity index (χ0n) is 14.9. The number of benzene rings is 1. The Bertz CT molecular complexity index is 975. The van der Waals surface area contributed by atoms with Crippen LogP contribution in [-0.2, 0) is 0 Å². The van der Waals surface area contributed by atoms with Gasteiger partial charge in [0, 0.05) is 35.4 Å². The fourth-order valence-corrected chi connectivity index (χ4v) is 4.18. The molecule has 0 amide bonds. The highest BCUT2D eigenvalue weighted by atomic mass is 32.2. The molecule has 0 spiro atoms. The van der Waals surface area contributed by atoms with Crippen LogP contribution in [0.3, 0.4) is 0 Å². The number of halogens is 3. The van der Waals surface area contributed by atoms with Crippen LogP contribution in [0.5, 0.6) is 0 Å². The molecule has 148 valence electrons. The number of aliphatic hydroxyl groups excluding tert-OH is 1. The Labute approximate surface area is 164 Å². The fraction of sp³-hybridized carbons (Fsp3) is 0.368. The van der Waals surface area contributed by atoms with Crippen LogP contribution >= 0.6 is 11.8 Å². The Morgan fingerprint density at radius 2 is 2.07 bits per heavy atom. The summed E-state index contributed by atoms with van der Waals surface area (Å²) >= 11 is -0.140. The molecule has 9 heteroatoms. The van der Waals surface area contributed by atoms with Gasteiger partial charge in [0.2, 0.25) is 0 Å². The van der Waals surface area contributed by atoms with E-state index in [-0.39, 0.29) is 29.3 Å². The first-order valence-corrected chi connectivity index (χ1v) is 9.81. The number of aliphatic hydroxyl groups is 1. The number of anilines is 1. The van der Waals surface area contributed by atoms with Crippen molar-refractivity contribution in [3.8, 4) is 11.3 Å². The first-order chi connectivity index (χ1) is 13.4.